The van der Waals surface area contributed by atoms with Gasteiger partial charge in [0.25, 0.3) is 11.1 Å². The highest BCUT2D eigenvalue weighted by molar-refractivity contribution is 8.18. The van der Waals surface area contributed by atoms with Crippen molar-refractivity contribution in [2.75, 3.05) is 19.0 Å². The van der Waals surface area contributed by atoms with Crippen molar-refractivity contribution in [1.29, 1.82) is 0 Å². The maximum Gasteiger partial charge on any atom is 0.294 e. The first-order valence-corrected chi connectivity index (χ1v) is 10.0. The van der Waals surface area contributed by atoms with E-state index < -0.39 is 17.1 Å². The van der Waals surface area contributed by atoms with Gasteiger partial charge in [-0.3, -0.25) is 19.3 Å². The fraction of sp³-hybridized carbons (Fsp3) is 0.227. The second kappa shape index (κ2) is 8.62. The van der Waals surface area contributed by atoms with Crippen LogP contribution in [0, 0.1) is 20.8 Å². The van der Waals surface area contributed by atoms with Gasteiger partial charge >= 0.3 is 0 Å². The number of phenols is 1. The maximum atomic E-state index is 12.6. The SMILES string of the molecule is COc1ccc(/C=C2/SC(=O)N(CC(=O)Nc3c(C)cc(C)cc3C)C2=O)cc1O. The molecular formula is C22H22N2O5S. The normalized spacial score (nSPS) is 15.1. The van der Waals surface area contributed by atoms with Gasteiger partial charge in [0.2, 0.25) is 5.91 Å². The van der Waals surface area contributed by atoms with Crippen molar-refractivity contribution in [3.8, 4) is 11.5 Å². The first-order chi connectivity index (χ1) is 14.2. The van der Waals surface area contributed by atoms with Crippen LogP contribution in [0.15, 0.2) is 35.2 Å². The number of nitrogens with zero attached hydrogens (tertiary/aromatic N) is 1. The molecule has 156 valence electrons. The van der Waals surface area contributed by atoms with Gasteiger partial charge in [-0.1, -0.05) is 23.8 Å². The summed E-state index contributed by atoms with van der Waals surface area (Å²) in [6.07, 6.45) is 1.50. The highest BCUT2D eigenvalue weighted by Crippen LogP contribution is 2.34. The number of ether oxygens (including phenoxy) is 1. The predicted octanol–water partition coefficient (Wildman–Crippen LogP) is 4.00. The average Bonchev–Trinajstić information content (AvgIpc) is 2.92. The molecule has 7 nitrogen and oxygen atoms in total. The number of carbonyl (C=O) groups excluding carboxylic acids is 3. The summed E-state index contributed by atoms with van der Waals surface area (Å²) in [6.45, 7) is 5.38. The Hall–Kier alpha value is -3.26. The van der Waals surface area contributed by atoms with E-state index in [0.29, 0.717) is 17.0 Å². The Morgan fingerprint density at radius 1 is 1.17 bits per heavy atom. The minimum Gasteiger partial charge on any atom is -0.504 e. The molecule has 3 rings (SSSR count). The lowest BCUT2D eigenvalue weighted by Gasteiger charge is -2.15. The van der Waals surface area contributed by atoms with Crippen LogP contribution in [0.25, 0.3) is 6.08 Å². The number of aromatic hydroxyl groups is 1. The molecule has 0 aromatic heterocycles. The lowest BCUT2D eigenvalue weighted by Crippen LogP contribution is -2.36. The van der Waals surface area contributed by atoms with E-state index in [0.717, 1.165) is 33.4 Å². The van der Waals surface area contributed by atoms with Crippen molar-refractivity contribution < 1.29 is 24.2 Å². The number of aryl methyl sites for hydroxylation is 3. The summed E-state index contributed by atoms with van der Waals surface area (Å²) in [5.41, 5.74) is 4.13. The zero-order valence-electron chi connectivity index (χ0n) is 17.1. The van der Waals surface area contributed by atoms with Crippen LogP contribution in [-0.4, -0.2) is 40.7 Å². The number of thioether (sulfide) groups is 1. The third-order valence-electron chi connectivity index (χ3n) is 4.62. The summed E-state index contributed by atoms with van der Waals surface area (Å²) in [5.74, 6) is -0.768. The van der Waals surface area contributed by atoms with Gasteiger partial charge in [-0.25, -0.2) is 0 Å². The molecule has 8 heteroatoms. The predicted molar refractivity (Wildman–Crippen MR) is 117 cm³/mol. The van der Waals surface area contributed by atoms with Crippen LogP contribution in [-0.2, 0) is 9.59 Å². The molecule has 3 amide bonds. The van der Waals surface area contributed by atoms with E-state index in [1.54, 1.807) is 12.1 Å². The summed E-state index contributed by atoms with van der Waals surface area (Å²) in [6, 6.07) is 8.56. The fourth-order valence-corrected chi connectivity index (χ4v) is 4.12. The van der Waals surface area contributed by atoms with Gasteiger partial charge < -0.3 is 15.2 Å². The maximum absolute atomic E-state index is 12.6. The molecule has 0 bridgehead atoms. The molecule has 1 saturated heterocycles. The second-order valence-corrected chi connectivity index (χ2v) is 8.01. The average molecular weight is 426 g/mol. The number of hydrogen-bond donors (Lipinski definition) is 2. The van der Waals surface area contributed by atoms with Gasteiger partial charge in [-0.2, -0.15) is 0 Å². The summed E-state index contributed by atoms with van der Waals surface area (Å²) < 4.78 is 4.99. The Bertz CT molecular complexity index is 1050. The number of benzene rings is 2. The summed E-state index contributed by atoms with van der Waals surface area (Å²) in [4.78, 5) is 38.5. The molecule has 0 atom stereocenters. The standard InChI is InChI=1S/C22H22N2O5S/c1-12-7-13(2)20(14(3)8-12)23-19(26)11-24-21(27)18(30-22(24)28)10-15-5-6-17(29-4)16(25)9-15/h5-10,25H,11H2,1-4H3,(H,23,26)/b18-10+. The highest BCUT2D eigenvalue weighted by Gasteiger charge is 2.36. The quantitative estimate of drug-likeness (QED) is 0.702. The number of carbonyl (C=O) groups is 3. The van der Waals surface area contributed by atoms with E-state index in [4.69, 9.17) is 4.74 Å². The first-order valence-electron chi connectivity index (χ1n) is 9.19. The number of phenolic OH excluding ortho intramolecular Hbond substituents is 1. The number of amides is 3. The van der Waals surface area contributed by atoms with Gasteiger partial charge in [-0.05, 0) is 67.4 Å². The number of anilines is 1. The molecule has 1 aliphatic rings. The van der Waals surface area contributed by atoms with E-state index in [1.165, 1.54) is 19.3 Å². The molecule has 0 aliphatic carbocycles. The first kappa shape index (κ1) is 21.4. The van der Waals surface area contributed by atoms with Crippen LogP contribution < -0.4 is 10.1 Å². The molecule has 0 radical (unpaired) electrons. The van der Waals surface area contributed by atoms with E-state index >= 15 is 0 Å². The summed E-state index contributed by atoms with van der Waals surface area (Å²) in [5, 5.41) is 12.2. The molecule has 1 fully saturated rings. The molecule has 30 heavy (non-hydrogen) atoms. The minimum atomic E-state index is -0.548. The molecule has 0 unspecified atom stereocenters. The summed E-state index contributed by atoms with van der Waals surface area (Å²) >= 11 is 0.755. The Morgan fingerprint density at radius 3 is 2.43 bits per heavy atom. The number of hydrogen-bond acceptors (Lipinski definition) is 6. The molecule has 2 N–H and O–H groups in total. The Balaban J connectivity index is 1.74. The second-order valence-electron chi connectivity index (χ2n) is 7.02. The highest BCUT2D eigenvalue weighted by atomic mass is 32.2. The van der Waals surface area contributed by atoms with Crippen molar-refractivity contribution in [2.24, 2.45) is 0 Å². The minimum absolute atomic E-state index is 0.0753. The number of methoxy groups -OCH3 is 1. The lowest BCUT2D eigenvalue weighted by atomic mass is 10.1. The topological polar surface area (TPSA) is 95.9 Å². The van der Waals surface area contributed by atoms with Gasteiger partial charge in [-0.15, -0.1) is 0 Å². The third kappa shape index (κ3) is 4.49. The van der Waals surface area contributed by atoms with Crippen molar-refractivity contribution >= 4 is 40.6 Å². The summed E-state index contributed by atoms with van der Waals surface area (Å²) in [7, 11) is 1.44. The van der Waals surface area contributed by atoms with Crippen molar-refractivity contribution in [2.45, 2.75) is 20.8 Å². The van der Waals surface area contributed by atoms with Crippen molar-refractivity contribution in [3.05, 3.63) is 57.5 Å². The Labute approximate surface area is 178 Å². The van der Waals surface area contributed by atoms with Crippen molar-refractivity contribution in [1.82, 2.24) is 4.90 Å². The number of nitrogens with one attached hydrogen (secondary N) is 1. The van der Waals surface area contributed by atoms with Crippen LogP contribution in [0.4, 0.5) is 10.5 Å². The molecule has 0 spiro atoms. The largest absolute Gasteiger partial charge is 0.504 e. The molecule has 1 heterocycles. The van der Waals surface area contributed by atoms with E-state index in [1.807, 2.05) is 32.9 Å². The zero-order chi connectivity index (χ0) is 22.0. The van der Waals surface area contributed by atoms with E-state index in [9.17, 15) is 19.5 Å². The molecule has 2 aromatic carbocycles. The van der Waals surface area contributed by atoms with Crippen LogP contribution in [0.5, 0.6) is 11.5 Å². The van der Waals surface area contributed by atoms with Gasteiger partial charge in [0, 0.05) is 5.69 Å². The van der Waals surface area contributed by atoms with Crippen molar-refractivity contribution in [3.63, 3.8) is 0 Å². The zero-order valence-corrected chi connectivity index (χ0v) is 17.9. The Kier molecular flexibility index (Phi) is 6.17. The van der Waals surface area contributed by atoms with Crippen LogP contribution in [0.2, 0.25) is 0 Å². The number of rotatable bonds is 5. The lowest BCUT2D eigenvalue weighted by molar-refractivity contribution is -0.127. The van der Waals surface area contributed by atoms with Crippen LogP contribution >= 0.6 is 11.8 Å². The van der Waals surface area contributed by atoms with Crippen LogP contribution in [0.1, 0.15) is 22.3 Å². The molecule has 2 aromatic rings. The third-order valence-corrected chi connectivity index (χ3v) is 5.52. The molecule has 1 aliphatic heterocycles. The van der Waals surface area contributed by atoms with E-state index in [2.05, 4.69) is 5.32 Å². The number of imide groups is 1. The Morgan fingerprint density at radius 2 is 1.83 bits per heavy atom. The van der Waals surface area contributed by atoms with Crippen LogP contribution in [0.3, 0.4) is 0 Å². The monoisotopic (exact) mass is 426 g/mol. The smallest absolute Gasteiger partial charge is 0.294 e. The van der Waals surface area contributed by atoms with Gasteiger partial charge in [0.15, 0.2) is 11.5 Å². The van der Waals surface area contributed by atoms with Gasteiger partial charge in [0.05, 0.1) is 12.0 Å². The van der Waals surface area contributed by atoms with E-state index in [-0.39, 0.29) is 17.2 Å². The fourth-order valence-electron chi connectivity index (χ4n) is 3.28. The van der Waals surface area contributed by atoms with Gasteiger partial charge in [0.1, 0.15) is 6.54 Å². The molecule has 0 saturated carbocycles. The molecular weight excluding hydrogens is 404 g/mol.